The van der Waals surface area contributed by atoms with Crippen LogP contribution in [0.15, 0.2) is 42.6 Å². The molecule has 3 rings (SSSR count). The lowest BCUT2D eigenvalue weighted by Crippen LogP contribution is -2.21. The number of hydrogen-bond acceptors (Lipinski definition) is 6. The summed E-state index contributed by atoms with van der Waals surface area (Å²) in [5.41, 5.74) is 1.83. The molecule has 0 aliphatic carbocycles. The number of benzene rings is 1. The van der Waals surface area contributed by atoms with E-state index in [1.165, 1.54) is 0 Å². The van der Waals surface area contributed by atoms with Crippen LogP contribution in [-0.2, 0) is 16.1 Å². The van der Waals surface area contributed by atoms with Crippen LogP contribution in [-0.4, -0.2) is 30.0 Å². The third-order valence-electron chi connectivity index (χ3n) is 4.66. The second-order valence-corrected chi connectivity index (χ2v) is 6.71. The van der Waals surface area contributed by atoms with Gasteiger partial charge in [-0.2, -0.15) is 5.26 Å². The highest BCUT2D eigenvalue weighted by molar-refractivity contribution is 5.89. The molecule has 1 amide bonds. The summed E-state index contributed by atoms with van der Waals surface area (Å²) in [7, 11) is 0. The average Bonchev–Trinajstić information content (AvgIpc) is 2.95. The quantitative estimate of drug-likeness (QED) is 0.749. The highest BCUT2D eigenvalue weighted by Gasteiger charge is 2.18. The molecule has 1 atom stereocenters. The molecule has 144 valence electrons. The Morgan fingerprint density at radius 2 is 2.21 bits per heavy atom. The van der Waals surface area contributed by atoms with Crippen LogP contribution in [0.3, 0.4) is 0 Å². The Balaban J connectivity index is 1.55. The maximum Gasteiger partial charge on any atom is 0.338 e. The van der Waals surface area contributed by atoms with E-state index in [2.05, 4.69) is 21.7 Å². The van der Waals surface area contributed by atoms with E-state index in [0.29, 0.717) is 43.1 Å². The molecule has 1 fully saturated rings. The van der Waals surface area contributed by atoms with Crippen molar-refractivity contribution in [1.82, 2.24) is 10.3 Å². The summed E-state index contributed by atoms with van der Waals surface area (Å²) in [4.78, 5) is 27.9. The fourth-order valence-electron chi connectivity index (χ4n) is 3.06. The summed E-state index contributed by atoms with van der Waals surface area (Å²) in [5.74, 6) is 0.387. The van der Waals surface area contributed by atoms with Crippen LogP contribution in [0.1, 0.15) is 40.7 Å². The van der Waals surface area contributed by atoms with Crippen molar-refractivity contribution in [3.63, 3.8) is 0 Å². The molecule has 1 aromatic heterocycles. The molecule has 2 N–H and O–H groups in total. The number of pyridine rings is 1. The largest absolute Gasteiger partial charge is 0.462 e. The Hall–Kier alpha value is -3.40. The van der Waals surface area contributed by atoms with Crippen molar-refractivity contribution in [2.45, 2.75) is 25.8 Å². The van der Waals surface area contributed by atoms with Crippen LogP contribution < -0.4 is 10.6 Å². The van der Waals surface area contributed by atoms with Gasteiger partial charge in [0, 0.05) is 25.7 Å². The summed E-state index contributed by atoms with van der Waals surface area (Å²) in [6, 6.07) is 12.7. The van der Waals surface area contributed by atoms with Crippen LogP contribution >= 0.6 is 0 Å². The second-order valence-electron chi connectivity index (χ2n) is 6.71. The van der Waals surface area contributed by atoms with Crippen LogP contribution in [0, 0.1) is 17.2 Å². The Morgan fingerprint density at radius 3 is 3.07 bits per heavy atom. The Labute approximate surface area is 163 Å². The Morgan fingerprint density at radius 1 is 1.32 bits per heavy atom. The van der Waals surface area contributed by atoms with Gasteiger partial charge in [-0.1, -0.05) is 12.1 Å². The first-order chi connectivity index (χ1) is 13.7. The van der Waals surface area contributed by atoms with Crippen LogP contribution in [0.2, 0.25) is 0 Å². The molecule has 0 bridgehead atoms. The Bertz CT molecular complexity index is 891. The van der Waals surface area contributed by atoms with Gasteiger partial charge in [0.15, 0.2) is 0 Å². The summed E-state index contributed by atoms with van der Waals surface area (Å²) in [6.45, 7) is 1.37. The van der Waals surface area contributed by atoms with E-state index in [1.807, 2.05) is 6.07 Å². The van der Waals surface area contributed by atoms with Crippen molar-refractivity contribution in [3.8, 4) is 6.07 Å². The van der Waals surface area contributed by atoms with Crippen molar-refractivity contribution in [2.75, 3.05) is 18.5 Å². The van der Waals surface area contributed by atoms with E-state index in [9.17, 15) is 9.59 Å². The first-order valence-corrected chi connectivity index (χ1v) is 9.27. The fraction of sp³-hybridized carbons (Fsp3) is 0.333. The number of carbonyl (C=O) groups is 2. The lowest BCUT2D eigenvalue weighted by molar-refractivity contribution is -0.120. The molecule has 0 saturated carbocycles. The zero-order valence-corrected chi connectivity index (χ0v) is 15.5. The minimum atomic E-state index is -0.374. The van der Waals surface area contributed by atoms with E-state index < -0.39 is 0 Å². The molecule has 7 heteroatoms. The topological polar surface area (TPSA) is 104 Å². The van der Waals surface area contributed by atoms with E-state index >= 15 is 0 Å². The molecule has 1 aliphatic heterocycles. The molecule has 7 nitrogen and oxygen atoms in total. The predicted octanol–water partition coefficient (Wildman–Crippen LogP) is 2.64. The van der Waals surface area contributed by atoms with Gasteiger partial charge in [-0.05, 0) is 48.6 Å². The average molecular weight is 378 g/mol. The first-order valence-electron chi connectivity index (χ1n) is 9.27. The van der Waals surface area contributed by atoms with Gasteiger partial charge in [-0.25, -0.2) is 9.78 Å². The van der Waals surface area contributed by atoms with E-state index in [4.69, 9.17) is 10.00 Å². The minimum absolute atomic E-state index is 0.0569. The fourth-order valence-corrected chi connectivity index (χ4v) is 3.06. The number of nitrogens with one attached hydrogen (secondary N) is 2. The van der Waals surface area contributed by atoms with Gasteiger partial charge in [0.25, 0.3) is 0 Å². The summed E-state index contributed by atoms with van der Waals surface area (Å²) in [6.07, 6.45) is 3.64. The van der Waals surface area contributed by atoms with E-state index in [-0.39, 0.29) is 17.8 Å². The number of esters is 1. The maximum absolute atomic E-state index is 12.4. The van der Waals surface area contributed by atoms with Gasteiger partial charge >= 0.3 is 5.97 Å². The number of rotatable bonds is 6. The minimum Gasteiger partial charge on any atom is -0.462 e. The molecule has 28 heavy (non-hydrogen) atoms. The van der Waals surface area contributed by atoms with Crippen molar-refractivity contribution < 1.29 is 14.3 Å². The van der Waals surface area contributed by atoms with Gasteiger partial charge < -0.3 is 15.4 Å². The molecule has 1 aromatic carbocycles. The molecule has 2 aromatic rings. The third-order valence-corrected chi connectivity index (χ3v) is 4.66. The highest BCUT2D eigenvalue weighted by atomic mass is 16.5. The van der Waals surface area contributed by atoms with Crippen LogP contribution in [0.25, 0.3) is 0 Å². The zero-order valence-electron chi connectivity index (χ0n) is 15.5. The number of nitriles is 1. The van der Waals surface area contributed by atoms with Crippen molar-refractivity contribution >= 4 is 17.7 Å². The first kappa shape index (κ1) is 19.4. The molecule has 2 heterocycles. The molecular formula is C21H22N4O3. The molecule has 0 radical (unpaired) electrons. The standard InChI is InChI=1S/C21H22N4O3/c22-12-18-5-2-9-24-20(18)25-13-16-3-1-4-17(11-16)21(27)28-14-15-6-7-19(26)23-10-8-15/h1-5,9,11,15H,6-8,10,13-14H2,(H,23,26)(H,24,25). The molecular weight excluding hydrogens is 356 g/mol. The molecule has 0 spiro atoms. The van der Waals surface area contributed by atoms with Gasteiger partial charge in [-0.3, -0.25) is 4.79 Å². The number of hydrogen-bond donors (Lipinski definition) is 2. The molecule has 1 unspecified atom stereocenters. The zero-order chi connectivity index (χ0) is 19.8. The predicted molar refractivity (Wildman–Crippen MR) is 103 cm³/mol. The smallest absolute Gasteiger partial charge is 0.338 e. The monoisotopic (exact) mass is 378 g/mol. The number of nitrogens with zero attached hydrogens (tertiary/aromatic N) is 2. The normalized spacial score (nSPS) is 16.4. The maximum atomic E-state index is 12.4. The Kier molecular flexibility index (Phi) is 6.58. The SMILES string of the molecule is N#Cc1cccnc1NCc1cccc(C(=O)OCC2CCNC(=O)CC2)c1. The summed E-state index contributed by atoms with van der Waals surface area (Å²) in [5, 5.41) is 15.1. The number of aromatic nitrogens is 1. The molecule has 1 saturated heterocycles. The third kappa shape index (κ3) is 5.30. The van der Waals surface area contributed by atoms with Gasteiger partial charge in [-0.15, -0.1) is 0 Å². The van der Waals surface area contributed by atoms with Gasteiger partial charge in [0.05, 0.1) is 17.7 Å². The number of carbonyl (C=O) groups excluding carboxylic acids is 2. The van der Waals surface area contributed by atoms with Gasteiger partial charge in [0.2, 0.25) is 5.91 Å². The molecule has 1 aliphatic rings. The van der Waals surface area contributed by atoms with Crippen molar-refractivity contribution in [1.29, 1.82) is 5.26 Å². The van der Waals surface area contributed by atoms with Crippen LogP contribution in [0.4, 0.5) is 5.82 Å². The van der Waals surface area contributed by atoms with E-state index in [1.54, 1.807) is 36.5 Å². The van der Waals surface area contributed by atoms with Gasteiger partial charge in [0.1, 0.15) is 11.9 Å². The van der Waals surface area contributed by atoms with Crippen molar-refractivity contribution in [2.24, 2.45) is 5.92 Å². The van der Waals surface area contributed by atoms with Crippen LogP contribution in [0.5, 0.6) is 0 Å². The van der Waals surface area contributed by atoms with Crippen molar-refractivity contribution in [3.05, 3.63) is 59.3 Å². The summed E-state index contributed by atoms with van der Waals surface area (Å²) < 4.78 is 5.46. The van der Waals surface area contributed by atoms with E-state index in [0.717, 1.165) is 18.4 Å². The number of anilines is 1. The second kappa shape index (κ2) is 9.51. The lowest BCUT2D eigenvalue weighted by atomic mass is 10.0. The number of ether oxygens (including phenoxy) is 1. The summed E-state index contributed by atoms with van der Waals surface area (Å²) >= 11 is 0. The highest BCUT2D eigenvalue weighted by Crippen LogP contribution is 2.16. The lowest BCUT2D eigenvalue weighted by Gasteiger charge is -2.14. The number of amides is 1.